The number of benzene rings is 2. The third kappa shape index (κ3) is 5.74. The van der Waals surface area contributed by atoms with Crippen molar-refractivity contribution >= 4 is 17.7 Å². The lowest BCUT2D eigenvalue weighted by atomic mass is 10.0. The van der Waals surface area contributed by atoms with Crippen molar-refractivity contribution in [2.45, 2.75) is 12.5 Å². The number of hydrogen-bond acceptors (Lipinski definition) is 4. The molecule has 3 aromatic rings. The summed E-state index contributed by atoms with van der Waals surface area (Å²) in [4.78, 5) is 40.9. The Morgan fingerprint density at radius 2 is 1.41 bits per heavy atom. The van der Waals surface area contributed by atoms with Crippen molar-refractivity contribution in [2.24, 2.45) is 0 Å². The highest BCUT2D eigenvalue weighted by molar-refractivity contribution is 5.95. The normalized spacial score (nSPS) is 11.2. The van der Waals surface area contributed by atoms with Crippen LogP contribution in [0.1, 0.15) is 38.9 Å². The molecule has 0 spiro atoms. The van der Waals surface area contributed by atoms with Gasteiger partial charge in [0.2, 0.25) is 5.91 Å². The minimum atomic E-state index is -0.560. The van der Waals surface area contributed by atoms with Crippen molar-refractivity contribution in [3.05, 3.63) is 102 Å². The van der Waals surface area contributed by atoms with E-state index in [2.05, 4.69) is 21.2 Å². The molecule has 2 aromatic carbocycles. The molecule has 0 aliphatic rings. The summed E-state index contributed by atoms with van der Waals surface area (Å²) in [5.74, 6) is -1.26. The van der Waals surface area contributed by atoms with Gasteiger partial charge in [0.1, 0.15) is 5.69 Å². The molecule has 1 heterocycles. The maximum Gasteiger partial charge on any atom is 0.288 e. The number of hydrazine groups is 1. The third-order valence-corrected chi connectivity index (χ3v) is 4.15. The first kappa shape index (κ1) is 19.8. The number of carbonyl (C=O) groups is 3. The van der Waals surface area contributed by atoms with E-state index in [1.807, 2.05) is 36.4 Å². The minimum Gasteiger partial charge on any atom is -0.345 e. The predicted octanol–water partition coefficient (Wildman–Crippen LogP) is 2.40. The van der Waals surface area contributed by atoms with Crippen LogP contribution in [-0.4, -0.2) is 22.7 Å². The predicted molar refractivity (Wildman–Crippen MR) is 108 cm³/mol. The van der Waals surface area contributed by atoms with Gasteiger partial charge in [0.25, 0.3) is 11.8 Å². The van der Waals surface area contributed by atoms with Crippen LogP contribution >= 0.6 is 0 Å². The third-order valence-electron chi connectivity index (χ3n) is 4.15. The molecule has 146 valence electrons. The van der Waals surface area contributed by atoms with Gasteiger partial charge in [-0.05, 0) is 29.8 Å². The van der Waals surface area contributed by atoms with Crippen molar-refractivity contribution < 1.29 is 14.4 Å². The second-order valence-corrected chi connectivity index (χ2v) is 6.22. The van der Waals surface area contributed by atoms with E-state index >= 15 is 0 Å². The number of rotatable bonds is 6. The smallest absolute Gasteiger partial charge is 0.288 e. The number of amides is 3. The number of nitrogens with zero attached hydrogens (tertiary/aromatic N) is 1. The molecule has 7 heteroatoms. The summed E-state index contributed by atoms with van der Waals surface area (Å²) in [5, 5.41) is 2.88. The Hall–Kier alpha value is -4.00. The molecule has 1 aromatic heterocycles. The van der Waals surface area contributed by atoms with Gasteiger partial charge >= 0.3 is 0 Å². The Balaban J connectivity index is 1.64. The van der Waals surface area contributed by atoms with E-state index in [0.717, 1.165) is 5.56 Å². The number of nitrogens with one attached hydrogen (secondary N) is 3. The van der Waals surface area contributed by atoms with Gasteiger partial charge in [-0.15, -0.1) is 0 Å². The number of hydrogen-bond donors (Lipinski definition) is 3. The van der Waals surface area contributed by atoms with Crippen molar-refractivity contribution in [1.29, 1.82) is 0 Å². The van der Waals surface area contributed by atoms with Gasteiger partial charge in [-0.1, -0.05) is 54.6 Å². The first-order chi connectivity index (χ1) is 14.1. The van der Waals surface area contributed by atoms with Crippen LogP contribution in [-0.2, 0) is 4.79 Å². The quantitative estimate of drug-likeness (QED) is 0.565. The van der Waals surface area contributed by atoms with Crippen molar-refractivity contribution in [3.8, 4) is 0 Å². The lowest BCUT2D eigenvalue weighted by molar-refractivity contribution is -0.122. The highest BCUT2D eigenvalue weighted by Gasteiger charge is 2.19. The van der Waals surface area contributed by atoms with Gasteiger partial charge in [0.15, 0.2) is 0 Å². The second kappa shape index (κ2) is 9.80. The van der Waals surface area contributed by atoms with Gasteiger partial charge < -0.3 is 5.32 Å². The molecule has 0 saturated carbocycles. The summed E-state index contributed by atoms with van der Waals surface area (Å²) in [5.41, 5.74) is 6.15. The molecule has 0 aliphatic heterocycles. The van der Waals surface area contributed by atoms with E-state index in [-0.39, 0.29) is 18.0 Å². The fraction of sp³-hybridized carbons (Fsp3) is 0.0909. The van der Waals surface area contributed by atoms with E-state index in [0.29, 0.717) is 5.56 Å². The molecular weight excluding hydrogens is 368 g/mol. The summed E-state index contributed by atoms with van der Waals surface area (Å²) in [7, 11) is 0. The highest BCUT2D eigenvalue weighted by Crippen LogP contribution is 2.17. The van der Waals surface area contributed by atoms with Crippen molar-refractivity contribution in [1.82, 2.24) is 21.2 Å². The molecule has 29 heavy (non-hydrogen) atoms. The Morgan fingerprint density at radius 3 is 2.07 bits per heavy atom. The van der Waals surface area contributed by atoms with Crippen LogP contribution < -0.4 is 16.2 Å². The maximum absolute atomic E-state index is 12.5. The second-order valence-electron chi connectivity index (χ2n) is 6.22. The van der Waals surface area contributed by atoms with Gasteiger partial charge in [0, 0.05) is 11.8 Å². The van der Waals surface area contributed by atoms with Crippen LogP contribution in [0.15, 0.2) is 85.1 Å². The molecule has 3 N–H and O–H groups in total. The van der Waals surface area contributed by atoms with Crippen LogP contribution in [0.4, 0.5) is 0 Å². The van der Waals surface area contributed by atoms with E-state index in [1.165, 1.54) is 12.3 Å². The van der Waals surface area contributed by atoms with E-state index in [4.69, 9.17) is 0 Å². The van der Waals surface area contributed by atoms with Crippen LogP contribution in [0, 0.1) is 0 Å². The largest absolute Gasteiger partial charge is 0.345 e. The van der Waals surface area contributed by atoms with Gasteiger partial charge in [0.05, 0.1) is 12.5 Å². The summed E-state index contributed by atoms with van der Waals surface area (Å²) < 4.78 is 0. The number of pyridine rings is 1. The Bertz CT molecular complexity index is 963. The maximum atomic E-state index is 12.5. The minimum absolute atomic E-state index is 0.0505. The zero-order valence-electron chi connectivity index (χ0n) is 15.5. The van der Waals surface area contributed by atoms with Crippen LogP contribution in [0.25, 0.3) is 0 Å². The molecule has 7 nitrogen and oxygen atoms in total. The standard InChI is InChI=1S/C22H20N4O3/c27-20(25-26-22(29)18-13-7-8-14-23-18)15-19(16-9-3-1-4-10-16)24-21(28)17-11-5-2-6-12-17/h1-14,19H,15H2,(H,24,28)(H,25,27)(H,26,29)/t19-/m1/s1. The first-order valence-corrected chi connectivity index (χ1v) is 9.04. The molecule has 3 rings (SSSR count). The van der Waals surface area contributed by atoms with E-state index < -0.39 is 17.9 Å². The molecule has 0 fully saturated rings. The summed E-state index contributed by atoms with van der Waals surface area (Å²) in [6.45, 7) is 0. The van der Waals surface area contributed by atoms with Gasteiger partial charge in [-0.25, -0.2) is 0 Å². The first-order valence-electron chi connectivity index (χ1n) is 9.04. The van der Waals surface area contributed by atoms with E-state index in [1.54, 1.807) is 36.4 Å². The topological polar surface area (TPSA) is 100 Å². The van der Waals surface area contributed by atoms with E-state index in [9.17, 15) is 14.4 Å². The summed E-state index contributed by atoms with van der Waals surface area (Å²) in [6.07, 6.45) is 1.44. The zero-order valence-corrected chi connectivity index (χ0v) is 15.5. The van der Waals surface area contributed by atoms with Gasteiger partial charge in [-0.3, -0.25) is 30.2 Å². The average Bonchev–Trinajstić information content (AvgIpc) is 2.78. The van der Waals surface area contributed by atoms with Crippen LogP contribution in [0.2, 0.25) is 0 Å². The highest BCUT2D eigenvalue weighted by atomic mass is 16.2. The monoisotopic (exact) mass is 388 g/mol. The molecule has 0 radical (unpaired) electrons. The summed E-state index contributed by atoms with van der Waals surface area (Å²) in [6, 6.07) is 22.3. The van der Waals surface area contributed by atoms with Crippen LogP contribution in [0.5, 0.6) is 0 Å². The Kier molecular flexibility index (Phi) is 6.67. The SMILES string of the molecule is O=C(C[C@@H](NC(=O)c1ccccc1)c1ccccc1)NNC(=O)c1ccccn1. The molecule has 3 amide bonds. The fourth-order valence-electron chi connectivity index (χ4n) is 2.69. The fourth-order valence-corrected chi connectivity index (χ4v) is 2.69. The molecule has 0 unspecified atom stereocenters. The molecule has 0 saturated heterocycles. The lowest BCUT2D eigenvalue weighted by Crippen LogP contribution is -2.43. The average molecular weight is 388 g/mol. The van der Waals surface area contributed by atoms with Gasteiger partial charge in [-0.2, -0.15) is 0 Å². The van der Waals surface area contributed by atoms with Crippen molar-refractivity contribution in [3.63, 3.8) is 0 Å². The Labute approximate surface area is 168 Å². The molecular formula is C22H20N4O3. The van der Waals surface area contributed by atoms with Crippen LogP contribution in [0.3, 0.4) is 0 Å². The number of aromatic nitrogens is 1. The molecule has 1 atom stereocenters. The molecule has 0 aliphatic carbocycles. The Morgan fingerprint density at radius 1 is 0.759 bits per heavy atom. The molecule has 0 bridgehead atoms. The van der Waals surface area contributed by atoms with Crippen molar-refractivity contribution in [2.75, 3.05) is 0 Å². The summed E-state index contributed by atoms with van der Waals surface area (Å²) >= 11 is 0. The number of carbonyl (C=O) groups excluding carboxylic acids is 3. The lowest BCUT2D eigenvalue weighted by Gasteiger charge is -2.19. The zero-order chi connectivity index (χ0) is 20.5.